The van der Waals surface area contributed by atoms with Crippen LogP contribution < -0.4 is 11.5 Å². The van der Waals surface area contributed by atoms with E-state index in [1.807, 2.05) is 0 Å². The van der Waals surface area contributed by atoms with Gasteiger partial charge in [-0.15, -0.1) is 0 Å². The maximum Gasteiger partial charge on any atom is 0.355 e. The van der Waals surface area contributed by atoms with Crippen LogP contribution >= 0.6 is 0 Å². The minimum Gasteiger partial charge on any atom is -0.476 e. The van der Waals surface area contributed by atoms with E-state index in [1.165, 1.54) is 0 Å². The fraction of sp³-hybridized carbons (Fsp3) is 0.143. The van der Waals surface area contributed by atoms with Crippen molar-refractivity contribution in [1.82, 2.24) is 4.98 Å². The molecule has 14 heavy (non-hydrogen) atoms. The smallest absolute Gasteiger partial charge is 0.355 e. The molecule has 1 rings (SSSR count). The topological polar surface area (TPSA) is 102 Å². The van der Waals surface area contributed by atoms with Crippen molar-refractivity contribution in [2.24, 2.45) is 0 Å². The van der Waals surface area contributed by atoms with Crippen molar-refractivity contribution in [2.45, 2.75) is 6.43 Å². The molecule has 0 spiro atoms. The van der Waals surface area contributed by atoms with E-state index < -0.39 is 23.7 Å². The Morgan fingerprint density at radius 1 is 1.50 bits per heavy atom. The minimum atomic E-state index is -2.99. The molecule has 1 aromatic rings. The van der Waals surface area contributed by atoms with E-state index in [0.29, 0.717) is 0 Å². The second kappa shape index (κ2) is 3.44. The maximum absolute atomic E-state index is 12.4. The van der Waals surface area contributed by atoms with Gasteiger partial charge in [0, 0.05) is 11.8 Å². The van der Waals surface area contributed by atoms with E-state index in [0.717, 1.165) is 6.07 Å². The number of pyridine rings is 1. The average Bonchev–Trinajstić information content (AvgIpc) is 2.01. The summed E-state index contributed by atoms with van der Waals surface area (Å²) in [6, 6.07) is 0.994. The molecule has 0 saturated carbocycles. The highest BCUT2D eigenvalue weighted by atomic mass is 19.3. The van der Waals surface area contributed by atoms with E-state index in [4.69, 9.17) is 16.6 Å². The number of hydrogen-bond acceptors (Lipinski definition) is 4. The molecule has 0 aliphatic rings. The summed E-state index contributed by atoms with van der Waals surface area (Å²) in [4.78, 5) is 13.8. The number of carboxylic acid groups (broad SMARTS) is 1. The van der Waals surface area contributed by atoms with Gasteiger partial charge in [0.25, 0.3) is 6.43 Å². The molecule has 0 saturated heterocycles. The Kier molecular flexibility index (Phi) is 2.50. The fourth-order valence-corrected chi connectivity index (χ4v) is 0.988. The molecule has 1 aromatic heterocycles. The number of hydrogen-bond donors (Lipinski definition) is 3. The third-order valence-corrected chi connectivity index (χ3v) is 1.53. The van der Waals surface area contributed by atoms with Crippen molar-refractivity contribution in [2.75, 3.05) is 11.5 Å². The van der Waals surface area contributed by atoms with Crippen LogP contribution in [0.2, 0.25) is 0 Å². The van der Waals surface area contributed by atoms with Gasteiger partial charge in [-0.3, -0.25) is 0 Å². The lowest BCUT2D eigenvalue weighted by atomic mass is 10.1. The summed E-state index contributed by atoms with van der Waals surface area (Å²) in [5.41, 5.74) is 8.39. The van der Waals surface area contributed by atoms with Crippen molar-refractivity contribution in [1.29, 1.82) is 0 Å². The van der Waals surface area contributed by atoms with Crippen LogP contribution in [0.1, 0.15) is 22.5 Å². The SMILES string of the molecule is Nc1cc(N)c(C(F)F)c(C(=O)O)n1. The summed E-state index contributed by atoms with van der Waals surface area (Å²) in [6.45, 7) is 0. The lowest BCUT2D eigenvalue weighted by molar-refractivity contribution is 0.0677. The average molecular weight is 203 g/mol. The molecule has 0 atom stereocenters. The molecule has 0 bridgehead atoms. The molecule has 5 nitrogen and oxygen atoms in total. The first-order valence-corrected chi connectivity index (χ1v) is 3.50. The Morgan fingerprint density at radius 3 is 2.50 bits per heavy atom. The zero-order valence-electron chi connectivity index (χ0n) is 6.87. The van der Waals surface area contributed by atoms with Crippen LogP contribution in [0.25, 0.3) is 0 Å². The summed E-state index contributed by atoms with van der Waals surface area (Å²) in [5, 5.41) is 8.56. The van der Waals surface area contributed by atoms with Crippen LogP contribution in [-0.2, 0) is 0 Å². The Hall–Kier alpha value is -1.92. The van der Waals surface area contributed by atoms with Crippen LogP contribution in [0, 0.1) is 0 Å². The van der Waals surface area contributed by atoms with Gasteiger partial charge in [0.15, 0.2) is 5.69 Å². The number of halogens is 2. The van der Waals surface area contributed by atoms with Crippen LogP contribution in [0.15, 0.2) is 6.07 Å². The lowest BCUT2D eigenvalue weighted by Crippen LogP contribution is -2.11. The zero-order valence-corrected chi connectivity index (χ0v) is 6.87. The maximum atomic E-state index is 12.4. The van der Waals surface area contributed by atoms with Gasteiger partial charge in [0.05, 0.1) is 5.56 Å². The van der Waals surface area contributed by atoms with Crippen LogP contribution in [0.5, 0.6) is 0 Å². The summed E-state index contributed by atoms with van der Waals surface area (Å²) in [6.07, 6.45) is -2.99. The predicted octanol–water partition coefficient (Wildman–Crippen LogP) is 0.882. The first-order chi connectivity index (χ1) is 6.43. The first-order valence-electron chi connectivity index (χ1n) is 3.50. The monoisotopic (exact) mass is 203 g/mol. The van der Waals surface area contributed by atoms with Gasteiger partial charge in [-0.1, -0.05) is 0 Å². The van der Waals surface area contributed by atoms with Gasteiger partial charge in [0.2, 0.25) is 0 Å². The van der Waals surface area contributed by atoms with E-state index in [2.05, 4.69) is 4.98 Å². The van der Waals surface area contributed by atoms with Gasteiger partial charge in [0.1, 0.15) is 5.82 Å². The Morgan fingerprint density at radius 2 is 2.07 bits per heavy atom. The highest BCUT2D eigenvalue weighted by Crippen LogP contribution is 2.28. The normalized spacial score (nSPS) is 10.5. The highest BCUT2D eigenvalue weighted by Gasteiger charge is 2.23. The summed E-state index contributed by atoms with van der Waals surface area (Å²) < 4.78 is 24.7. The standard InChI is InChI=1S/C7H7F2N3O2/c8-6(9)4-2(10)1-3(11)12-5(4)7(13)14/h1,6H,(H,13,14)(H4,10,11,12). The number of carboxylic acids is 1. The number of nitrogens with two attached hydrogens (primary N) is 2. The second-order valence-corrected chi connectivity index (χ2v) is 2.50. The molecule has 0 unspecified atom stereocenters. The molecule has 0 aliphatic carbocycles. The number of nitrogen functional groups attached to an aromatic ring is 2. The van der Waals surface area contributed by atoms with Crippen molar-refractivity contribution in [3.8, 4) is 0 Å². The minimum absolute atomic E-state index is 0.204. The predicted molar refractivity (Wildman–Crippen MR) is 45.0 cm³/mol. The van der Waals surface area contributed by atoms with Crippen molar-refractivity contribution >= 4 is 17.5 Å². The third-order valence-electron chi connectivity index (χ3n) is 1.53. The molecule has 0 radical (unpaired) electrons. The summed E-state index contributed by atoms with van der Waals surface area (Å²) in [5.74, 6) is -1.79. The highest BCUT2D eigenvalue weighted by molar-refractivity contribution is 5.89. The van der Waals surface area contributed by atoms with Gasteiger partial charge in [-0.2, -0.15) is 0 Å². The number of carbonyl (C=O) groups is 1. The molecular formula is C7H7F2N3O2. The van der Waals surface area contributed by atoms with Crippen LogP contribution in [0.4, 0.5) is 20.3 Å². The van der Waals surface area contributed by atoms with E-state index >= 15 is 0 Å². The zero-order chi connectivity index (χ0) is 10.9. The number of rotatable bonds is 2. The molecule has 0 fully saturated rings. The molecular weight excluding hydrogens is 196 g/mol. The lowest BCUT2D eigenvalue weighted by Gasteiger charge is -2.08. The molecule has 1 heterocycles. The Balaban J connectivity index is 3.44. The molecule has 7 heteroatoms. The number of aromatic carboxylic acids is 1. The molecule has 76 valence electrons. The molecule has 5 N–H and O–H groups in total. The van der Waals surface area contributed by atoms with Gasteiger partial charge < -0.3 is 16.6 Å². The van der Waals surface area contributed by atoms with Crippen molar-refractivity contribution < 1.29 is 18.7 Å². The molecule has 0 aliphatic heterocycles. The summed E-state index contributed by atoms with van der Waals surface area (Å²) in [7, 11) is 0. The van der Waals surface area contributed by atoms with E-state index in [1.54, 1.807) is 0 Å². The Bertz CT molecular complexity index is 381. The quantitative estimate of drug-likeness (QED) is 0.662. The first kappa shape index (κ1) is 10.2. The number of anilines is 2. The van der Waals surface area contributed by atoms with Crippen molar-refractivity contribution in [3.05, 3.63) is 17.3 Å². The van der Waals surface area contributed by atoms with Gasteiger partial charge in [-0.05, 0) is 0 Å². The van der Waals surface area contributed by atoms with E-state index in [-0.39, 0.29) is 11.5 Å². The van der Waals surface area contributed by atoms with E-state index in [9.17, 15) is 13.6 Å². The molecule has 0 aromatic carbocycles. The van der Waals surface area contributed by atoms with Gasteiger partial charge in [-0.25, -0.2) is 18.6 Å². The largest absolute Gasteiger partial charge is 0.476 e. The third kappa shape index (κ3) is 1.70. The molecule has 0 amide bonds. The van der Waals surface area contributed by atoms with Crippen molar-refractivity contribution in [3.63, 3.8) is 0 Å². The second-order valence-electron chi connectivity index (χ2n) is 2.50. The van der Waals surface area contributed by atoms with Crippen LogP contribution in [0.3, 0.4) is 0 Å². The Labute approximate surface area is 77.3 Å². The fourth-order valence-electron chi connectivity index (χ4n) is 0.988. The summed E-state index contributed by atoms with van der Waals surface area (Å²) >= 11 is 0. The van der Waals surface area contributed by atoms with Gasteiger partial charge >= 0.3 is 5.97 Å². The number of nitrogens with zero attached hydrogens (tertiary/aromatic N) is 1. The number of alkyl halides is 2. The van der Waals surface area contributed by atoms with Crippen LogP contribution in [-0.4, -0.2) is 16.1 Å². The number of aromatic nitrogens is 1.